The summed E-state index contributed by atoms with van der Waals surface area (Å²) in [6.07, 6.45) is 6.98. The van der Waals surface area contributed by atoms with Crippen LogP contribution in [0.4, 0.5) is 4.39 Å². The predicted molar refractivity (Wildman–Crippen MR) is 101 cm³/mol. The number of nitrogens with one attached hydrogen (secondary N) is 2. The lowest BCUT2D eigenvalue weighted by molar-refractivity contribution is -0.125. The topological polar surface area (TPSA) is 44.4 Å². The van der Waals surface area contributed by atoms with E-state index in [1.165, 1.54) is 44.2 Å². The number of benzene rings is 1. The first-order valence-electron chi connectivity index (χ1n) is 9.15. The van der Waals surface area contributed by atoms with Gasteiger partial charge >= 0.3 is 0 Å². The summed E-state index contributed by atoms with van der Waals surface area (Å²) in [4.78, 5) is 14.7. The highest BCUT2D eigenvalue weighted by Gasteiger charge is 2.40. The number of piperazine rings is 1. The molecule has 1 aliphatic heterocycles. The minimum Gasteiger partial charge on any atom is -0.355 e. The monoisotopic (exact) mass is 369 g/mol. The third-order valence-corrected chi connectivity index (χ3v) is 5.45. The molecule has 1 heterocycles. The number of rotatable bonds is 5. The van der Waals surface area contributed by atoms with Crippen LogP contribution in [-0.2, 0) is 11.2 Å². The first kappa shape index (κ1) is 20.1. The zero-order valence-corrected chi connectivity index (χ0v) is 15.5. The molecule has 1 aliphatic carbocycles. The molecule has 1 saturated heterocycles. The number of amides is 1. The molecule has 2 N–H and O–H groups in total. The van der Waals surface area contributed by atoms with Crippen LogP contribution in [0.1, 0.15) is 37.7 Å². The van der Waals surface area contributed by atoms with Crippen LogP contribution < -0.4 is 10.6 Å². The number of hydrogen-bond donors (Lipinski definition) is 2. The molecule has 1 saturated carbocycles. The molecular formula is C19H29ClFN3O. The van der Waals surface area contributed by atoms with Gasteiger partial charge in [0.25, 0.3) is 0 Å². The van der Waals surface area contributed by atoms with Crippen molar-refractivity contribution < 1.29 is 9.18 Å². The van der Waals surface area contributed by atoms with Gasteiger partial charge in [-0.2, -0.15) is 0 Å². The average Bonchev–Trinajstić information content (AvgIpc) is 2.60. The third kappa shape index (κ3) is 5.40. The smallest absolute Gasteiger partial charge is 0.234 e. The van der Waals surface area contributed by atoms with Gasteiger partial charge in [-0.25, -0.2) is 4.39 Å². The largest absolute Gasteiger partial charge is 0.355 e. The van der Waals surface area contributed by atoms with Crippen LogP contribution >= 0.6 is 12.4 Å². The van der Waals surface area contributed by atoms with E-state index >= 15 is 0 Å². The van der Waals surface area contributed by atoms with E-state index < -0.39 is 0 Å². The minimum absolute atomic E-state index is 0. The maximum absolute atomic E-state index is 12.9. The Bertz CT molecular complexity index is 538. The van der Waals surface area contributed by atoms with Crippen LogP contribution in [0.2, 0.25) is 0 Å². The molecule has 0 atom stereocenters. The molecule has 1 aromatic rings. The summed E-state index contributed by atoms with van der Waals surface area (Å²) in [5, 5.41) is 6.53. The van der Waals surface area contributed by atoms with Gasteiger partial charge in [0.1, 0.15) is 5.82 Å². The van der Waals surface area contributed by atoms with Gasteiger partial charge in [0, 0.05) is 31.7 Å². The Morgan fingerprint density at radius 3 is 2.64 bits per heavy atom. The van der Waals surface area contributed by atoms with E-state index in [0.29, 0.717) is 13.1 Å². The van der Waals surface area contributed by atoms with Crippen molar-refractivity contribution in [2.45, 2.75) is 44.1 Å². The van der Waals surface area contributed by atoms with Crippen LogP contribution in [0.5, 0.6) is 0 Å². The van der Waals surface area contributed by atoms with Crippen LogP contribution in [0.25, 0.3) is 0 Å². The highest BCUT2D eigenvalue weighted by molar-refractivity contribution is 5.85. The molecular weight excluding hydrogens is 341 g/mol. The third-order valence-electron chi connectivity index (χ3n) is 5.45. The van der Waals surface area contributed by atoms with E-state index in [1.807, 2.05) is 0 Å². The summed E-state index contributed by atoms with van der Waals surface area (Å²) in [5.41, 5.74) is 1.23. The van der Waals surface area contributed by atoms with E-state index in [-0.39, 0.29) is 29.7 Å². The maximum Gasteiger partial charge on any atom is 0.234 e. The molecule has 6 heteroatoms. The number of carbonyl (C=O) groups excluding carboxylic acids is 1. The average molecular weight is 370 g/mol. The summed E-state index contributed by atoms with van der Waals surface area (Å²) in [6, 6.07) is 6.47. The minimum atomic E-state index is -0.223. The van der Waals surface area contributed by atoms with Crippen molar-refractivity contribution in [1.82, 2.24) is 15.5 Å². The summed E-state index contributed by atoms with van der Waals surface area (Å²) < 4.78 is 12.9. The molecule has 140 valence electrons. The predicted octanol–water partition coefficient (Wildman–Crippen LogP) is 2.51. The second kappa shape index (κ2) is 9.51. The van der Waals surface area contributed by atoms with Gasteiger partial charge in [-0.3, -0.25) is 9.69 Å². The zero-order valence-electron chi connectivity index (χ0n) is 14.7. The summed E-state index contributed by atoms with van der Waals surface area (Å²) in [6.45, 7) is 4.01. The molecule has 0 radical (unpaired) electrons. The quantitative estimate of drug-likeness (QED) is 0.838. The van der Waals surface area contributed by atoms with Crippen LogP contribution in [0, 0.1) is 5.82 Å². The Morgan fingerprint density at radius 2 is 1.92 bits per heavy atom. The second-order valence-electron chi connectivity index (χ2n) is 7.11. The number of hydrogen-bond acceptors (Lipinski definition) is 3. The molecule has 2 fully saturated rings. The van der Waals surface area contributed by atoms with Gasteiger partial charge in [-0.1, -0.05) is 31.4 Å². The fourth-order valence-corrected chi connectivity index (χ4v) is 4.06. The Hall–Kier alpha value is -1.17. The van der Waals surface area contributed by atoms with Crippen molar-refractivity contribution in [3.05, 3.63) is 35.6 Å². The summed E-state index contributed by atoms with van der Waals surface area (Å²) >= 11 is 0. The molecule has 4 nitrogen and oxygen atoms in total. The van der Waals surface area contributed by atoms with E-state index in [4.69, 9.17) is 0 Å². The van der Waals surface area contributed by atoms with Crippen LogP contribution in [0.15, 0.2) is 24.3 Å². The maximum atomic E-state index is 12.9. The number of carbonyl (C=O) groups is 1. The van der Waals surface area contributed by atoms with E-state index in [9.17, 15) is 9.18 Å². The van der Waals surface area contributed by atoms with Crippen molar-refractivity contribution in [1.29, 1.82) is 0 Å². The molecule has 1 amide bonds. The number of nitrogens with zero attached hydrogens (tertiary/aromatic N) is 1. The summed E-state index contributed by atoms with van der Waals surface area (Å²) in [5.74, 6) is -0.122. The van der Waals surface area contributed by atoms with Crippen LogP contribution in [0.3, 0.4) is 0 Å². The molecule has 0 unspecified atom stereocenters. The molecule has 1 spiro atoms. The van der Waals surface area contributed by atoms with Gasteiger partial charge in [0.05, 0.1) is 6.54 Å². The lowest BCUT2D eigenvalue weighted by Gasteiger charge is -2.49. The molecule has 25 heavy (non-hydrogen) atoms. The molecule has 1 aromatic carbocycles. The Morgan fingerprint density at radius 1 is 1.20 bits per heavy atom. The van der Waals surface area contributed by atoms with Gasteiger partial charge in [0.2, 0.25) is 5.91 Å². The van der Waals surface area contributed by atoms with Gasteiger partial charge in [-0.05, 0) is 37.0 Å². The first-order chi connectivity index (χ1) is 11.7. The SMILES string of the molecule is Cl.O=C(CN1CCNCC12CCCCC2)NCCc1ccc(F)cc1. The fourth-order valence-electron chi connectivity index (χ4n) is 4.06. The molecule has 0 bridgehead atoms. The number of halogens is 2. The lowest BCUT2D eigenvalue weighted by atomic mass is 9.79. The lowest BCUT2D eigenvalue weighted by Crippen LogP contribution is -2.63. The first-order valence-corrected chi connectivity index (χ1v) is 9.15. The van der Waals surface area contributed by atoms with Crippen molar-refractivity contribution in [3.63, 3.8) is 0 Å². The van der Waals surface area contributed by atoms with Crippen molar-refractivity contribution >= 4 is 18.3 Å². The van der Waals surface area contributed by atoms with E-state index in [1.54, 1.807) is 12.1 Å². The van der Waals surface area contributed by atoms with Gasteiger partial charge in [0.15, 0.2) is 0 Å². The van der Waals surface area contributed by atoms with Gasteiger partial charge < -0.3 is 10.6 Å². The Kier molecular flexibility index (Phi) is 7.66. The van der Waals surface area contributed by atoms with Gasteiger partial charge in [-0.15, -0.1) is 12.4 Å². The van der Waals surface area contributed by atoms with Crippen molar-refractivity contribution in [2.24, 2.45) is 0 Å². The molecule has 0 aromatic heterocycles. The van der Waals surface area contributed by atoms with Crippen molar-refractivity contribution in [3.8, 4) is 0 Å². The standard InChI is InChI=1S/C19H28FN3O.ClH/c20-17-6-4-16(5-7-17)8-11-22-18(24)14-23-13-12-21-15-19(23)9-2-1-3-10-19;/h4-7,21H,1-3,8-15H2,(H,22,24);1H. The molecule has 2 aliphatic rings. The van der Waals surface area contributed by atoms with Crippen molar-refractivity contribution in [2.75, 3.05) is 32.7 Å². The highest BCUT2D eigenvalue weighted by Crippen LogP contribution is 2.34. The van der Waals surface area contributed by atoms with Crippen LogP contribution in [-0.4, -0.2) is 49.1 Å². The zero-order chi connectivity index (χ0) is 16.8. The van der Waals surface area contributed by atoms with E-state index in [0.717, 1.165) is 31.6 Å². The fraction of sp³-hybridized carbons (Fsp3) is 0.632. The molecule has 3 rings (SSSR count). The second-order valence-corrected chi connectivity index (χ2v) is 7.11. The Balaban J connectivity index is 0.00000225. The highest BCUT2D eigenvalue weighted by atomic mass is 35.5. The Labute approximate surface area is 156 Å². The van der Waals surface area contributed by atoms with E-state index in [2.05, 4.69) is 15.5 Å². The summed E-state index contributed by atoms with van der Waals surface area (Å²) in [7, 11) is 0. The normalized spacial score (nSPS) is 20.0.